The summed E-state index contributed by atoms with van der Waals surface area (Å²) in [7, 11) is -5.37. The maximum atomic E-state index is 13.4. The van der Waals surface area contributed by atoms with E-state index in [4.69, 9.17) is 28.0 Å². The minimum Gasteiger partial charge on any atom is -0.462 e. The molecule has 0 radical (unpaired) electrons. The topological polar surface area (TPSA) is 289 Å². The third-order valence-electron chi connectivity index (χ3n) is 12.0. The predicted molar refractivity (Wildman–Crippen MR) is 240 cm³/mol. The number of unbranched alkanes of at least 4 members (excludes halogenated alkanes) is 20. The van der Waals surface area contributed by atoms with Crippen molar-refractivity contribution in [3.63, 3.8) is 0 Å². The van der Waals surface area contributed by atoms with Crippen LogP contribution in [0.3, 0.4) is 0 Å². The van der Waals surface area contributed by atoms with Gasteiger partial charge in [0, 0.05) is 12.8 Å². The fourth-order valence-corrected chi connectivity index (χ4v) is 8.84. The van der Waals surface area contributed by atoms with E-state index in [-0.39, 0.29) is 12.8 Å². The zero-order valence-corrected chi connectivity index (χ0v) is 39.9. The summed E-state index contributed by atoms with van der Waals surface area (Å²) in [5, 5.41) is 82.8. The highest BCUT2D eigenvalue weighted by atomic mass is 31.2. The predicted octanol–water partition coefficient (Wildman–Crippen LogP) is 4.93. The normalized spacial score (nSPS) is 28.6. The molecule has 1 saturated heterocycles. The summed E-state index contributed by atoms with van der Waals surface area (Å²) >= 11 is 0. The van der Waals surface area contributed by atoms with Crippen LogP contribution >= 0.6 is 7.82 Å². The Morgan fingerprint density at radius 2 is 1.02 bits per heavy atom. The third kappa shape index (κ3) is 24.0. The number of carbonyl (C=O) groups excluding carboxylic acids is 2. The Bertz CT molecular complexity index is 1320. The van der Waals surface area contributed by atoms with Crippen molar-refractivity contribution in [2.75, 3.05) is 19.8 Å². The number of phosphoric acid groups is 1. The van der Waals surface area contributed by atoms with E-state index in [0.29, 0.717) is 12.8 Å². The lowest BCUT2D eigenvalue weighted by atomic mass is 9.84. The molecule has 18 nitrogen and oxygen atoms in total. The van der Waals surface area contributed by atoms with Gasteiger partial charge in [-0.2, -0.15) is 0 Å². The molecule has 0 bridgehead atoms. The van der Waals surface area contributed by atoms with Crippen LogP contribution < -0.4 is 0 Å². The average Bonchev–Trinajstić information content (AvgIpc) is 3.28. The molecule has 0 aromatic carbocycles. The number of allylic oxidation sites excluding steroid dienone is 2. The molecule has 0 amide bonds. The van der Waals surface area contributed by atoms with Crippen molar-refractivity contribution in [3.8, 4) is 0 Å². The lowest BCUT2D eigenvalue weighted by Crippen LogP contribution is -2.67. The highest BCUT2D eigenvalue weighted by Crippen LogP contribution is 2.48. The molecule has 0 aromatic rings. The molecule has 1 aliphatic heterocycles. The molecule has 2 fully saturated rings. The van der Waals surface area contributed by atoms with Gasteiger partial charge in [-0.05, 0) is 38.5 Å². The molecule has 9 N–H and O–H groups in total. The summed E-state index contributed by atoms with van der Waals surface area (Å²) in [5.74, 6) is -1.23. The van der Waals surface area contributed by atoms with Crippen molar-refractivity contribution in [2.45, 2.75) is 248 Å². The van der Waals surface area contributed by atoms with Crippen LogP contribution in [0.5, 0.6) is 0 Å². The van der Waals surface area contributed by atoms with Crippen molar-refractivity contribution in [3.05, 3.63) is 12.2 Å². The van der Waals surface area contributed by atoms with Gasteiger partial charge >= 0.3 is 19.8 Å². The number of rotatable bonds is 37. The van der Waals surface area contributed by atoms with E-state index in [1.165, 1.54) is 83.5 Å². The number of phosphoric ester groups is 1. The smallest absolute Gasteiger partial charge is 0.462 e. The molecule has 0 spiro atoms. The van der Waals surface area contributed by atoms with Gasteiger partial charge in [-0.1, -0.05) is 135 Å². The summed E-state index contributed by atoms with van der Waals surface area (Å²) in [6.45, 7) is 2.19. The Hall–Kier alpha value is -1.61. The van der Waals surface area contributed by atoms with Crippen molar-refractivity contribution < 1.29 is 87.9 Å². The highest BCUT2D eigenvalue weighted by Gasteiger charge is 2.55. The van der Waals surface area contributed by atoms with E-state index >= 15 is 0 Å². The van der Waals surface area contributed by atoms with E-state index < -0.39 is 113 Å². The van der Waals surface area contributed by atoms with E-state index in [0.717, 1.165) is 51.4 Å². The molecule has 382 valence electrons. The van der Waals surface area contributed by atoms with Crippen molar-refractivity contribution >= 4 is 19.8 Å². The van der Waals surface area contributed by atoms with Crippen molar-refractivity contribution in [1.29, 1.82) is 0 Å². The van der Waals surface area contributed by atoms with Gasteiger partial charge < -0.3 is 64.7 Å². The Labute approximate surface area is 386 Å². The molecular weight excluding hydrogens is 871 g/mol. The van der Waals surface area contributed by atoms with E-state index in [1.807, 2.05) is 0 Å². The Morgan fingerprint density at radius 3 is 1.54 bits per heavy atom. The van der Waals surface area contributed by atoms with Crippen LogP contribution in [0.25, 0.3) is 0 Å². The van der Waals surface area contributed by atoms with Gasteiger partial charge in [0.1, 0.15) is 67.6 Å². The molecule has 1 saturated carbocycles. The zero-order valence-electron chi connectivity index (χ0n) is 39.0. The standard InChI is InChI=1S/C46H85O18P/c1-3-5-7-9-11-13-15-17-19-20-22-24-26-28-35(48)59-31-33(61-36(49)29-27-25-23-21-18-16-14-12-10-8-6-4-2)32-60-65(57,58)64-45-42(55)40(53)39(52)41(54)44(45)63-46-43(56)38(51)37(50)34(30-47)62-46/h17,19,33-34,37-47,50-56H,3-16,18,20-32H2,1-2H3,(H,57,58)/b19-17-. The third-order valence-corrected chi connectivity index (χ3v) is 13.0. The molecule has 13 unspecified atom stereocenters. The number of esters is 2. The second-order valence-corrected chi connectivity index (χ2v) is 19.1. The second-order valence-electron chi connectivity index (χ2n) is 17.7. The molecular formula is C46H85O18P. The maximum Gasteiger partial charge on any atom is 0.472 e. The molecule has 13 atom stereocenters. The fourth-order valence-electron chi connectivity index (χ4n) is 7.87. The molecule has 1 heterocycles. The Kier molecular flexibility index (Phi) is 31.7. The van der Waals surface area contributed by atoms with Crippen LogP contribution in [-0.4, -0.2) is 151 Å². The summed E-state index contributed by atoms with van der Waals surface area (Å²) in [5.41, 5.74) is 0. The van der Waals surface area contributed by atoms with E-state index in [9.17, 15) is 59.9 Å². The lowest BCUT2D eigenvalue weighted by Gasteiger charge is -2.47. The van der Waals surface area contributed by atoms with Gasteiger partial charge in [-0.3, -0.25) is 18.6 Å². The Morgan fingerprint density at radius 1 is 0.569 bits per heavy atom. The zero-order chi connectivity index (χ0) is 48.0. The van der Waals surface area contributed by atoms with E-state index in [2.05, 4.69) is 26.0 Å². The lowest BCUT2D eigenvalue weighted by molar-refractivity contribution is -0.338. The van der Waals surface area contributed by atoms with Gasteiger partial charge in [0.25, 0.3) is 0 Å². The van der Waals surface area contributed by atoms with Gasteiger partial charge in [0.15, 0.2) is 12.4 Å². The number of ether oxygens (including phenoxy) is 4. The summed E-state index contributed by atoms with van der Waals surface area (Å²) in [4.78, 5) is 36.4. The van der Waals surface area contributed by atoms with Gasteiger partial charge in [0.05, 0.1) is 13.2 Å². The molecule has 2 aliphatic rings. The first-order valence-corrected chi connectivity index (χ1v) is 26.0. The molecule has 0 aromatic heterocycles. The van der Waals surface area contributed by atoms with Crippen LogP contribution in [0, 0.1) is 0 Å². The quantitative estimate of drug-likeness (QED) is 0.0173. The highest BCUT2D eigenvalue weighted by molar-refractivity contribution is 7.47. The molecule has 65 heavy (non-hydrogen) atoms. The summed E-state index contributed by atoms with van der Waals surface area (Å²) in [6.07, 6.45) is 5.96. The largest absolute Gasteiger partial charge is 0.472 e. The van der Waals surface area contributed by atoms with Crippen molar-refractivity contribution in [2.24, 2.45) is 0 Å². The van der Waals surface area contributed by atoms with Gasteiger partial charge in [0.2, 0.25) is 0 Å². The number of carbonyl (C=O) groups is 2. The average molecular weight is 957 g/mol. The van der Waals surface area contributed by atoms with Crippen LogP contribution in [0.15, 0.2) is 12.2 Å². The van der Waals surface area contributed by atoms with E-state index in [1.54, 1.807) is 0 Å². The van der Waals surface area contributed by atoms with Crippen LogP contribution in [-0.2, 0) is 42.1 Å². The minimum atomic E-state index is -5.37. The van der Waals surface area contributed by atoms with Crippen LogP contribution in [0.1, 0.15) is 174 Å². The first-order chi connectivity index (χ1) is 31.2. The minimum absolute atomic E-state index is 0.0336. The second kappa shape index (κ2) is 34.6. The molecule has 2 rings (SSSR count). The number of aliphatic hydroxyl groups is 8. The molecule has 1 aliphatic carbocycles. The first kappa shape index (κ1) is 59.5. The number of hydrogen-bond donors (Lipinski definition) is 9. The number of aliphatic hydroxyl groups excluding tert-OH is 8. The monoisotopic (exact) mass is 957 g/mol. The van der Waals surface area contributed by atoms with Gasteiger partial charge in [-0.15, -0.1) is 0 Å². The van der Waals surface area contributed by atoms with Gasteiger partial charge in [-0.25, -0.2) is 4.57 Å². The first-order valence-electron chi connectivity index (χ1n) is 24.5. The summed E-state index contributed by atoms with van der Waals surface area (Å²) in [6, 6.07) is 0. The number of hydrogen-bond acceptors (Lipinski definition) is 17. The maximum absolute atomic E-state index is 13.4. The van der Waals surface area contributed by atoms with Crippen LogP contribution in [0.4, 0.5) is 0 Å². The van der Waals surface area contributed by atoms with Crippen molar-refractivity contribution in [1.82, 2.24) is 0 Å². The fraction of sp³-hybridized carbons (Fsp3) is 0.913. The molecule has 19 heteroatoms. The Balaban J connectivity index is 1.98. The SMILES string of the molecule is CCCCCCCC/C=C\CCCCCC(=O)OCC(COP(=O)(O)OC1C(O)C(O)C(O)C(O)C1OC1OC(CO)C(O)C(O)C1O)OC(=O)CCCCCCCCCCCCCC. The van der Waals surface area contributed by atoms with Crippen LogP contribution in [0.2, 0.25) is 0 Å². The summed E-state index contributed by atoms with van der Waals surface area (Å²) < 4.78 is 45.3.